The Morgan fingerprint density at radius 2 is 2.40 bits per heavy atom. The van der Waals surface area contributed by atoms with Gasteiger partial charge in [0.05, 0.1) is 5.69 Å². The Labute approximate surface area is 88.9 Å². The first kappa shape index (κ1) is 10.2. The van der Waals surface area contributed by atoms with Crippen LogP contribution in [0.25, 0.3) is 0 Å². The van der Waals surface area contributed by atoms with E-state index in [4.69, 9.17) is 5.11 Å². The standard InChI is InChI=1S/C11H16N2O2/c1-7-3-4-9-8(5-7)12-10(13(9)2)6-11(14)15/h7H,3-6H2,1-2H3,(H,14,15). The van der Waals surface area contributed by atoms with E-state index in [9.17, 15) is 4.79 Å². The van der Waals surface area contributed by atoms with E-state index in [-0.39, 0.29) is 6.42 Å². The van der Waals surface area contributed by atoms with Crippen LogP contribution in [0.5, 0.6) is 0 Å². The summed E-state index contributed by atoms with van der Waals surface area (Å²) in [6.45, 7) is 2.22. The molecule has 0 saturated carbocycles. The van der Waals surface area contributed by atoms with Crippen molar-refractivity contribution in [3.63, 3.8) is 0 Å². The molecule has 2 rings (SSSR count). The first-order chi connectivity index (χ1) is 7.08. The van der Waals surface area contributed by atoms with Crippen LogP contribution in [0.3, 0.4) is 0 Å². The van der Waals surface area contributed by atoms with E-state index in [0.717, 1.165) is 18.5 Å². The number of carboxylic acid groups (broad SMARTS) is 1. The number of hydrogen-bond acceptors (Lipinski definition) is 2. The van der Waals surface area contributed by atoms with Crippen molar-refractivity contribution < 1.29 is 9.90 Å². The molecule has 15 heavy (non-hydrogen) atoms. The summed E-state index contributed by atoms with van der Waals surface area (Å²) in [5.41, 5.74) is 2.33. The van der Waals surface area contributed by atoms with Crippen LogP contribution >= 0.6 is 0 Å². The maximum atomic E-state index is 10.6. The number of carbonyl (C=O) groups is 1. The Kier molecular flexibility index (Phi) is 2.50. The Balaban J connectivity index is 2.32. The molecule has 82 valence electrons. The van der Waals surface area contributed by atoms with Gasteiger partial charge in [-0.2, -0.15) is 0 Å². The average molecular weight is 208 g/mol. The maximum absolute atomic E-state index is 10.6. The summed E-state index contributed by atoms with van der Waals surface area (Å²) < 4.78 is 1.95. The molecule has 0 radical (unpaired) electrons. The van der Waals surface area contributed by atoms with Gasteiger partial charge in [-0.3, -0.25) is 4.79 Å². The first-order valence-corrected chi connectivity index (χ1v) is 5.33. The van der Waals surface area contributed by atoms with Gasteiger partial charge in [0.1, 0.15) is 12.2 Å². The predicted octanol–water partition coefficient (Wildman–Crippen LogP) is 1.17. The molecule has 0 saturated heterocycles. The van der Waals surface area contributed by atoms with Gasteiger partial charge in [-0.25, -0.2) is 4.98 Å². The van der Waals surface area contributed by atoms with Crippen molar-refractivity contribution >= 4 is 5.97 Å². The van der Waals surface area contributed by atoms with E-state index in [1.807, 2.05) is 11.6 Å². The molecule has 0 aliphatic heterocycles. The fraction of sp³-hybridized carbons (Fsp3) is 0.636. The lowest BCUT2D eigenvalue weighted by Gasteiger charge is -2.17. The molecule has 1 aliphatic carbocycles. The monoisotopic (exact) mass is 208 g/mol. The third-order valence-electron chi connectivity index (χ3n) is 3.11. The summed E-state index contributed by atoms with van der Waals surface area (Å²) in [7, 11) is 1.92. The van der Waals surface area contributed by atoms with Gasteiger partial charge in [-0.05, 0) is 25.2 Å². The topological polar surface area (TPSA) is 55.1 Å². The largest absolute Gasteiger partial charge is 0.481 e. The van der Waals surface area contributed by atoms with Gasteiger partial charge in [-0.15, -0.1) is 0 Å². The number of aliphatic carboxylic acids is 1. The molecule has 0 aromatic carbocycles. The smallest absolute Gasteiger partial charge is 0.311 e. The molecule has 1 atom stereocenters. The zero-order valence-electron chi connectivity index (χ0n) is 9.16. The van der Waals surface area contributed by atoms with Gasteiger partial charge < -0.3 is 9.67 Å². The van der Waals surface area contributed by atoms with Gasteiger partial charge >= 0.3 is 5.97 Å². The Morgan fingerprint density at radius 1 is 1.67 bits per heavy atom. The summed E-state index contributed by atoms with van der Waals surface area (Å²) in [5, 5.41) is 8.75. The first-order valence-electron chi connectivity index (χ1n) is 5.33. The van der Waals surface area contributed by atoms with E-state index < -0.39 is 5.97 Å². The van der Waals surface area contributed by atoms with Gasteiger partial charge in [0, 0.05) is 12.7 Å². The lowest BCUT2D eigenvalue weighted by Crippen LogP contribution is -2.13. The minimum atomic E-state index is -0.812. The van der Waals surface area contributed by atoms with Crippen molar-refractivity contribution in [2.75, 3.05) is 0 Å². The van der Waals surface area contributed by atoms with Crippen LogP contribution in [0.15, 0.2) is 0 Å². The number of carboxylic acids is 1. The summed E-state index contributed by atoms with van der Waals surface area (Å²) in [6, 6.07) is 0. The van der Waals surface area contributed by atoms with Crippen LogP contribution in [-0.2, 0) is 31.1 Å². The van der Waals surface area contributed by atoms with Crippen LogP contribution in [-0.4, -0.2) is 20.6 Å². The predicted molar refractivity (Wildman–Crippen MR) is 55.7 cm³/mol. The molecule has 0 spiro atoms. The Morgan fingerprint density at radius 3 is 3.07 bits per heavy atom. The highest BCUT2D eigenvalue weighted by Gasteiger charge is 2.22. The van der Waals surface area contributed by atoms with Crippen LogP contribution in [0, 0.1) is 5.92 Å². The Bertz CT molecular complexity index is 396. The lowest BCUT2D eigenvalue weighted by molar-refractivity contribution is -0.136. The van der Waals surface area contributed by atoms with E-state index in [1.165, 1.54) is 12.1 Å². The van der Waals surface area contributed by atoms with E-state index in [2.05, 4.69) is 11.9 Å². The van der Waals surface area contributed by atoms with Crippen molar-refractivity contribution in [1.82, 2.24) is 9.55 Å². The highest BCUT2D eigenvalue weighted by Crippen LogP contribution is 2.25. The molecular weight excluding hydrogens is 192 g/mol. The molecule has 4 heteroatoms. The fourth-order valence-electron chi connectivity index (χ4n) is 2.23. The van der Waals surface area contributed by atoms with Crippen LogP contribution in [0.4, 0.5) is 0 Å². The van der Waals surface area contributed by atoms with Crippen molar-refractivity contribution in [2.24, 2.45) is 13.0 Å². The summed E-state index contributed by atoms with van der Waals surface area (Å²) in [5.74, 6) is 0.542. The van der Waals surface area contributed by atoms with Gasteiger partial charge in [0.25, 0.3) is 0 Å². The van der Waals surface area contributed by atoms with Crippen LogP contribution in [0.1, 0.15) is 30.6 Å². The quantitative estimate of drug-likeness (QED) is 0.793. The highest BCUT2D eigenvalue weighted by molar-refractivity contribution is 5.69. The highest BCUT2D eigenvalue weighted by atomic mass is 16.4. The molecule has 1 N–H and O–H groups in total. The minimum Gasteiger partial charge on any atom is -0.481 e. The molecule has 1 heterocycles. The van der Waals surface area contributed by atoms with E-state index in [0.29, 0.717) is 11.7 Å². The number of aromatic nitrogens is 2. The summed E-state index contributed by atoms with van der Waals surface area (Å²) in [6.07, 6.45) is 3.22. The van der Waals surface area contributed by atoms with Gasteiger partial charge in [0.15, 0.2) is 0 Å². The molecule has 1 aromatic rings. The number of rotatable bonds is 2. The van der Waals surface area contributed by atoms with Gasteiger partial charge in [0.2, 0.25) is 0 Å². The maximum Gasteiger partial charge on any atom is 0.311 e. The average Bonchev–Trinajstić information content (AvgIpc) is 2.42. The third kappa shape index (κ3) is 1.89. The number of imidazole rings is 1. The van der Waals surface area contributed by atoms with Gasteiger partial charge in [-0.1, -0.05) is 6.92 Å². The van der Waals surface area contributed by atoms with Crippen LogP contribution in [0.2, 0.25) is 0 Å². The summed E-state index contributed by atoms with van der Waals surface area (Å²) in [4.78, 5) is 15.1. The molecule has 0 fully saturated rings. The fourth-order valence-corrected chi connectivity index (χ4v) is 2.23. The zero-order valence-corrected chi connectivity index (χ0v) is 9.16. The molecule has 4 nitrogen and oxygen atoms in total. The number of nitrogens with zero attached hydrogens (tertiary/aromatic N) is 2. The SMILES string of the molecule is CC1CCc2c(nc(CC(=O)O)n2C)C1. The Hall–Kier alpha value is -1.32. The summed E-state index contributed by atoms with van der Waals surface area (Å²) >= 11 is 0. The molecular formula is C11H16N2O2. The van der Waals surface area contributed by atoms with Crippen molar-refractivity contribution in [3.8, 4) is 0 Å². The molecule has 1 unspecified atom stereocenters. The lowest BCUT2D eigenvalue weighted by atomic mass is 9.91. The molecule has 1 aliphatic rings. The van der Waals surface area contributed by atoms with Crippen molar-refractivity contribution in [2.45, 2.75) is 32.6 Å². The molecule has 0 amide bonds. The normalized spacial score (nSPS) is 20.0. The van der Waals surface area contributed by atoms with Crippen molar-refractivity contribution in [1.29, 1.82) is 0 Å². The van der Waals surface area contributed by atoms with E-state index in [1.54, 1.807) is 0 Å². The number of fused-ring (bicyclic) bond motifs is 1. The second-order valence-corrected chi connectivity index (χ2v) is 4.40. The second kappa shape index (κ2) is 3.68. The van der Waals surface area contributed by atoms with Crippen molar-refractivity contribution in [3.05, 3.63) is 17.2 Å². The second-order valence-electron chi connectivity index (χ2n) is 4.40. The molecule has 0 bridgehead atoms. The molecule has 1 aromatic heterocycles. The number of hydrogen-bond donors (Lipinski definition) is 1. The van der Waals surface area contributed by atoms with E-state index >= 15 is 0 Å². The zero-order chi connectivity index (χ0) is 11.0. The third-order valence-corrected chi connectivity index (χ3v) is 3.11. The minimum absolute atomic E-state index is 0.0257. The van der Waals surface area contributed by atoms with Crippen LogP contribution < -0.4 is 0 Å².